The predicted molar refractivity (Wildman–Crippen MR) is 145 cm³/mol. The van der Waals surface area contributed by atoms with E-state index in [0.29, 0.717) is 72.2 Å². The van der Waals surface area contributed by atoms with Crippen molar-refractivity contribution in [3.63, 3.8) is 0 Å². The Morgan fingerprint density at radius 3 is 2.65 bits per heavy atom. The van der Waals surface area contributed by atoms with Crippen molar-refractivity contribution in [2.24, 2.45) is 0 Å². The standard InChI is InChI=1S/C29H32F2N4O5/c1-18-11-20(3-4-22(18)30)34-29-21-12-19(26(38-8-7-37-2)14-24(21)32-17-33-29)13-25(36)23(31)5-6-35-15-27-28(16-35)40-10-9-39-27/h3-5,11-12,14,17,27-28H,6-10,13,15-16H2,1-2H3,(H,32,33,34)/b23-5+/t27-,28-/m0/s1. The Kier molecular flexibility index (Phi) is 8.95. The first kappa shape index (κ1) is 28.0. The van der Waals surface area contributed by atoms with Crippen molar-refractivity contribution >= 4 is 28.2 Å². The first-order valence-electron chi connectivity index (χ1n) is 13.2. The number of carbonyl (C=O) groups is 1. The number of methoxy groups -OCH3 is 1. The van der Waals surface area contributed by atoms with Crippen LogP contribution in [0.25, 0.3) is 10.9 Å². The highest BCUT2D eigenvalue weighted by Gasteiger charge is 2.36. The first-order chi connectivity index (χ1) is 19.4. The van der Waals surface area contributed by atoms with E-state index in [0.717, 1.165) is 0 Å². The molecule has 2 fully saturated rings. The van der Waals surface area contributed by atoms with E-state index in [-0.39, 0.29) is 37.6 Å². The minimum Gasteiger partial charge on any atom is -0.491 e. The third-order valence-corrected chi connectivity index (χ3v) is 6.97. The number of hydrogen-bond acceptors (Lipinski definition) is 9. The molecule has 5 rings (SSSR count). The number of hydrogen-bond donors (Lipinski definition) is 1. The van der Waals surface area contributed by atoms with E-state index in [1.807, 2.05) is 4.90 Å². The number of rotatable bonds is 11. The number of likely N-dealkylation sites (tertiary alicyclic amines) is 1. The number of aryl methyl sites for hydroxylation is 1. The molecule has 0 bridgehead atoms. The lowest BCUT2D eigenvalue weighted by molar-refractivity contribution is -0.116. The van der Waals surface area contributed by atoms with Crippen LogP contribution >= 0.6 is 0 Å². The Bertz CT molecular complexity index is 1390. The maximum atomic E-state index is 15.0. The molecule has 0 unspecified atom stereocenters. The highest BCUT2D eigenvalue weighted by molar-refractivity contribution is 5.97. The van der Waals surface area contributed by atoms with Crippen molar-refractivity contribution in [3.8, 4) is 5.75 Å². The number of aromatic nitrogens is 2. The van der Waals surface area contributed by atoms with Crippen molar-refractivity contribution in [3.05, 3.63) is 65.5 Å². The topological polar surface area (TPSA) is 95.0 Å². The van der Waals surface area contributed by atoms with Gasteiger partial charge in [0.15, 0.2) is 11.6 Å². The molecule has 40 heavy (non-hydrogen) atoms. The SMILES string of the molecule is COCCOc1cc2ncnc(Nc3ccc(F)c(C)c3)c2cc1CC(=O)/C(F)=C\CN1C[C@@H]2OCCO[C@H]2C1. The molecule has 2 aliphatic heterocycles. The average molecular weight is 555 g/mol. The van der Waals surface area contributed by atoms with Gasteiger partial charge in [-0.15, -0.1) is 0 Å². The minimum absolute atomic E-state index is 0.0193. The second-order valence-corrected chi connectivity index (χ2v) is 9.82. The van der Waals surface area contributed by atoms with Crippen LogP contribution in [0.3, 0.4) is 0 Å². The summed E-state index contributed by atoms with van der Waals surface area (Å²) < 4.78 is 51.1. The summed E-state index contributed by atoms with van der Waals surface area (Å²) in [6.45, 7) is 4.92. The van der Waals surface area contributed by atoms with Crippen LogP contribution in [0.5, 0.6) is 5.75 Å². The van der Waals surface area contributed by atoms with Gasteiger partial charge in [-0.2, -0.15) is 0 Å². The van der Waals surface area contributed by atoms with Crippen molar-refractivity contribution in [2.75, 3.05) is 58.5 Å². The zero-order chi connectivity index (χ0) is 28.1. The molecule has 0 aliphatic carbocycles. The van der Waals surface area contributed by atoms with E-state index < -0.39 is 11.6 Å². The zero-order valence-electron chi connectivity index (χ0n) is 22.5. The Hall–Kier alpha value is -3.51. The summed E-state index contributed by atoms with van der Waals surface area (Å²) in [7, 11) is 1.56. The highest BCUT2D eigenvalue weighted by atomic mass is 19.1. The van der Waals surface area contributed by atoms with Gasteiger partial charge in [0.25, 0.3) is 0 Å². The largest absolute Gasteiger partial charge is 0.491 e. The van der Waals surface area contributed by atoms with Gasteiger partial charge in [0.1, 0.15) is 30.3 Å². The van der Waals surface area contributed by atoms with Gasteiger partial charge in [0.05, 0.1) is 37.5 Å². The number of allylic oxidation sites excluding steroid dienone is 1. The summed E-state index contributed by atoms with van der Waals surface area (Å²) in [5.74, 6) is -0.920. The van der Waals surface area contributed by atoms with Crippen LogP contribution in [0, 0.1) is 12.7 Å². The number of halogens is 2. The van der Waals surface area contributed by atoms with Crippen molar-refractivity contribution < 1.29 is 32.5 Å². The Morgan fingerprint density at radius 1 is 1.15 bits per heavy atom. The number of Topliss-reactive ketones (excluding diaryl/α,β-unsaturated/α-hetero) is 1. The molecule has 0 amide bonds. The normalized spacial score (nSPS) is 19.6. The molecule has 212 valence electrons. The monoisotopic (exact) mass is 554 g/mol. The van der Waals surface area contributed by atoms with Gasteiger partial charge >= 0.3 is 0 Å². The van der Waals surface area contributed by atoms with Crippen molar-refractivity contribution in [1.82, 2.24) is 14.9 Å². The van der Waals surface area contributed by atoms with Gasteiger partial charge in [-0.3, -0.25) is 9.69 Å². The molecule has 0 radical (unpaired) electrons. The molecule has 2 saturated heterocycles. The molecule has 0 spiro atoms. The molecule has 1 aromatic heterocycles. The fraction of sp³-hybridized carbons (Fsp3) is 0.414. The summed E-state index contributed by atoms with van der Waals surface area (Å²) in [4.78, 5) is 23.7. The number of benzene rings is 2. The molecule has 9 nitrogen and oxygen atoms in total. The van der Waals surface area contributed by atoms with E-state index >= 15 is 0 Å². The molecule has 3 aromatic rings. The number of nitrogens with zero attached hydrogens (tertiary/aromatic N) is 3. The van der Waals surface area contributed by atoms with Crippen LogP contribution in [-0.2, 0) is 25.4 Å². The number of ketones is 1. The summed E-state index contributed by atoms with van der Waals surface area (Å²) in [6.07, 6.45) is 2.45. The molecule has 0 saturated carbocycles. The Balaban J connectivity index is 1.36. The summed E-state index contributed by atoms with van der Waals surface area (Å²) in [5, 5.41) is 3.79. The molecular formula is C29H32F2N4O5. The Labute approximate surface area is 231 Å². The van der Waals surface area contributed by atoms with E-state index in [1.165, 1.54) is 18.5 Å². The maximum absolute atomic E-state index is 15.0. The van der Waals surface area contributed by atoms with E-state index in [1.54, 1.807) is 38.3 Å². The quantitative estimate of drug-likeness (QED) is 0.280. The fourth-order valence-electron chi connectivity index (χ4n) is 4.86. The smallest absolute Gasteiger partial charge is 0.195 e. The molecule has 11 heteroatoms. The summed E-state index contributed by atoms with van der Waals surface area (Å²) >= 11 is 0. The van der Waals surface area contributed by atoms with Crippen LogP contribution in [0.15, 0.2) is 48.6 Å². The van der Waals surface area contributed by atoms with Gasteiger partial charge in [-0.1, -0.05) is 0 Å². The van der Waals surface area contributed by atoms with Crippen LogP contribution in [0.1, 0.15) is 11.1 Å². The van der Waals surface area contributed by atoms with Gasteiger partial charge in [-0.05, 0) is 42.8 Å². The van der Waals surface area contributed by atoms with Crippen LogP contribution in [0.4, 0.5) is 20.3 Å². The number of carbonyl (C=O) groups excluding carboxylic acids is 1. The summed E-state index contributed by atoms with van der Waals surface area (Å²) in [6, 6.07) is 8.07. The van der Waals surface area contributed by atoms with Crippen LogP contribution < -0.4 is 10.1 Å². The lowest BCUT2D eigenvalue weighted by atomic mass is 10.0. The Morgan fingerprint density at radius 2 is 1.93 bits per heavy atom. The lowest BCUT2D eigenvalue weighted by Crippen LogP contribution is -2.36. The number of nitrogens with one attached hydrogen (secondary N) is 1. The maximum Gasteiger partial charge on any atom is 0.195 e. The first-order valence-corrected chi connectivity index (χ1v) is 13.2. The summed E-state index contributed by atoms with van der Waals surface area (Å²) in [5.41, 5.74) is 2.18. The molecule has 3 heterocycles. The second-order valence-electron chi connectivity index (χ2n) is 9.82. The third-order valence-electron chi connectivity index (χ3n) is 6.97. The van der Waals surface area contributed by atoms with Crippen LogP contribution in [-0.4, -0.2) is 86.0 Å². The molecule has 2 atom stereocenters. The fourth-order valence-corrected chi connectivity index (χ4v) is 4.86. The van der Waals surface area contributed by atoms with Gasteiger partial charge in [0, 0.05) is 55.9 Å². The molecule has 1 N–H and O–H groups in total. The second kappa shape index (κ2) is 12.8. The average Bonchev–Trinajstić information content (AvgIpc) is 3.37. The number of anilines is 2. The van der Waals surface area contributed by atoms with Crippen molar-refractivity contribution in [1.29, 1.82) is 0 Å². The van der Waals surface area contributed by atoms with E-state index in [4.69, 9.17) is 18.9 Å². The zero-order valence-corrected chi connectivity index (χ0v) is 22.5. The predicted octanol–water partition coefficient (Wildman–Crippen LogP) is 3.91. The lowest BCUT2D eigenvalue weighted by Gasteiger charge is -2.24. The van der Waals surface area contributed by atoms with Crippen LogP contribution in [0.2, 0.25) is 0 Å². The minimum atomic E-state index is -0.816. The van der Waals surface area contributed by atoms with E-state index in [9.17, 15) is 13.6 Å². The molecule has 2 aliphatic rings. The van der Waals surface area contributed by atoms with Gasteiger partial charge in [-0.25, -0.2) is 18.7 Å². The highest BCUT2D eigenvalue weighted by Crippen LogP contribution is 2.31. The number of fused-ring (bicyclic) bond motifs is 2. The van der Waals surface area contributed by atoms with Gasteiger partial charge < -0.3 is 24.3 Å². The van der Waals surface area contributed by atoms with E-state index in [2.05, 4.69) is 15.3 Å². The molecule has 2 aromatic carbocycles. The number of ether oxygens (including phenoxy) is 4. The third kappa shape index (κ3) is 6.61. The van der Waals surface area contributed by atoms with Crippen molar-refractivity contribution in [2.45, 2.75) is 25.6 Å². The molecular weight excluding hydrogens is 522 g/mol. The van der Waals surface area contributed by atoms with Gasteiger partial charge in [0.2, 0.25) is 0 Å².